The fourth-order valence-electron chi connectivity index (χ4n) is 4.07. The maximum Gasteiger partial charge on any atom is 0.230 e. The predicted octanol–water partition coefficient (Wildman–Crippen LogP) is 3.57. The Morgan fingerprint density at radius 1 is 1.16 bits per heavy atom. The number of hydrogen-bond donors (Lipinski definition) is 1. The number of ether oxygens (including phenoxy) is 1. The van der Waals surface area contributed by atoms with E-state index in [1.807, 2.05) is 31.2 Å². The third-order valence-electron chi connectivity index (χ3n) is 5.74. The van der Waals surface area contributed by atoms with Crippen molar-refractivity contribution in [3.05, 3.63) is 59.1 Å². The van der Waals surface area contributed by atoms with Gasteiger partial charge in [-0.05, 0) is 36.4 Å². The molecule has 0 spiro atoms. The Morgan fingerprint density at radius 3 is 2.55 bits per heavy atom. The standard InChI is InChI=1S/C22H25N5O3S/c1-3-18-23-22-27(24-18)21(28)20(31-22)19(17-5-4-14-30-17)26-12-10-25(11-13-26)15-6-8-16(29-2)9-7-15/h4-9,14,19,28H,3,10-13H2,1-2H3. The number of nitrogens with zero attached hydrogens (tertiary/aromatic N) is 5. The summed E-state index contributed by atoms with van der Waals surface area (Å²) >= 11 is 1.47. The number of furan rings is 1. The van der Waals surface area contributed by atoms with Gasteiger partial charge in [0.05, 0.1) is 18.3 Å². The molecular weight excluding hydrogens is 414 g/mol. The van der Waals surface area contributed by atoms with Crippen LogP contribution < -0.4 is 9.64 Å². The highest BCUT2D eigenvalue weighted by atomic mass is 32.1. The molecule has 162 valence electrons. The monoisotopic (exact) mass is 439 g/mol. The third kappa shape index (κ3) is 3.64. The molecule has 1 saturated heterocycles. The highest BCUT2D eigenvalue weighted by Gasteiger charge is 2.33. The summed E-state index contributed by atoms with van der Waals surface area (Å²) in [4.78, 5) is 10.8. The summed E-state index contributed by atoms with van der Waals surface area (Å²) in [5, 5.41) is 15.4. The Morgan fingerprint density at radius 2 is 1.94 bits per heavy atom. The zero-order chi connectivity index (χ0) is 21.4. The van der Waals surface area contributed by atoms with Gasteiger partial charge in [0.2, 0.25) is 10.8 Å². The van der Waals surface area contributed by atoms with E-state index in [4.69, 9.17) is 9.15 Å². The van der Waals surface area contributed by atoms with Gasteiger partial charge in [-0.25, -0.2) is 4.98 Å². The summed E-state index contributed by atoms with van der Waals surface area (Å²) in [6.07, 6.45) is 2.41. The molecule has 1 aromatic carbocycles. The van der Waals surface area contributed by atoms with E-state index in [0.717, 1.165) is 54.8 Å². The summed E-state index contributed by atoms with van der Waals surface area (Å²) in [7, 11) is 1.68. The number of methoxy groups -OCH3 is 1. The highest BCUT2D eigenvalue weighted by Crippen LogP contribution is 2.40. The zero-order valence-corrected chi connectivity index (χ0v) is 18.4. The first-order chi connectivity index (χ1) is 15.2. The van der Waals surface area contributed by atoms with Crippen LogP contribution in [0.4, 0.5) is 5.69 Å². The molecule has 5 rings (SSSR count). The largest absolute Gasteiger partial charge is 0.497 e. The molecule has 0 saturated carbocycles. The molecule has 3 aromatic heterocycles. The number of piperazine rings is 1. The number of thiazole rings is 1. The molecule has 4 aromatic rings. The van der Waals surface area contributed by atoms with Gasteiger partial charge in [-0.15, -0.1) is 5.10 Å². The van der Waals surface area contributed by atoms with Crippen LogP contribution in [0.5, 0.6) is 11.6 Å². The van der Waals surface area contributed by atoms with Gasteiger partial charge >= 0.3 is 0 Å². The van der Waals surface area contributed by atoms with Gasteiger partial charge in [-0.1, -0.05) is 18.3 Å². The Kier molecular flexibility index (Phi) is 5.29. The Bertz CT molecular complexity index is 1140. The summed E-state index contributed by atoms with van der Waals surface area (Å²) in [6, 6.07) is 11.8. The van der Waals surface area contributed by atoms with Crippen molar-refractivity contribution in [1.82, 2.24) is 19.5 Å². The minimum absolute atomic E-state index is 0.145. The second kappa shape index (κ2) is 8.24. The van der Waals surface area contributed by atoms with E-state index in [-0.39, 0.29) is 11.9 Å². The lowest BCUT2D eigenvalue weighted by molar-refractivity contribution is 0.191. The van der Waals surface area contributed by atoms with Crippen molar-refractivity contribution in [3.63, 3.8) is 0 Å². The average Bonchev–Trinajstić information content (AvgIpc) is 3.54. The topological polar surface area (TPSA) is 79.3 Å². The lowest BCUT2D eigenvalue weighted by Crippen LogP contribution is -2.47. The van der Waals surface area contributed by atoms with E-state index in [2.05, 4.69) is 32.0 Å². The molecule has 0 radical (unpaired) electrons. The van der Waals surface area contributed by atoms with Crippen molar-refractivity contribution in [2.45, 2.75) is 19.4 Å². The van der Waals surface area contributed by atoms with Crippen LogP contribution in [0.1, 0.15) is 29.4 Å². The number of fused-ring (bicyclic) bond motifs is 1. The van der Waals surface area contributed by atoms with Gasteiger partial charge in [0.25, 0.3) is 0 Å². The summed E-state index contributed by atoms with van der Waals surface area (Å²) < 4.78 is 12.6. The van der Waals surface area contributed by atoms with Crippen LogP contribution in [0.25, 0.3) is 4.96 Å². The van der Waals surface area contributed by atoms with E-state index >= 15 is 0 Å². The number of aromatic nitrogens is 3. The second-order valence-electron chi connectivity index (χ2n) is 7.50. The van der Waals surface area contributed by atoms with E-state index in [1.165, 1.54) is 17.0 Å². The fraction of sp³-hybridized carbons (Fsp3) is 0.364. The van der Waals surface area contributed by atoms with Crippen molar-refractivity contribution in [2.24, 2.45) is 0 Å². The molecule has 1 aliphatic heterocycles. The molecule has 1 aliphatic rings. The van der Waals surface area contributed by atoms with Crippen LogP contribution in [0.2, 0.25) is 0 Å². The quantitative estimate of drug-likeness (QED) is 0.492. The SMILES string of the molecule is CCc1nc2sc(C(c3ccco3)N3CCN(c4ccc(OC)cc4)CC3)c(O)n2n1. The maximum absolute atomic E-state index is 11.0. The van der Waals surface area contributed by atoms with Gasteiger partial charge in [0.15, 0.2) is 5.82 Å². The summed E-state index contributed by atoms with van der Waals surface area (Å²) in [6.45, 7) is 5.44. The van der Waals surface area contributed by atoms with E-state index < -0.39 is 0 Å². The highest BCUT2D eigenvalue weighted by molar-refractivity contribution is 7.17. The van der Waals surface area contributed by atoms with Crippen molar-refractivity contribution in [2.75, 3.05) is 38.2 Å². The number of benzene rings is 1. The maximum atomic E-state index is 11.0. The molecular formula is C22H25N5O3S. The van der Waals surface area contributed by atoms with E-state index in [1.54, 1.807) is 17.9 Å². The first-order valence-corrected chi connectivity index (χ1v) is 11.2. The molecule has 0 bridgehead atoms. The number of hydrogen-bond acceptors (Lipinski definition) is 8. The smallest absolute Gasteiger partial charge is 0.230 e. The summed E-state index contributed by atoms with van der Waals surface area (Å²) in [5.74, 6) is 2.55. The number of aryl methyl sites for hydroxylation is 1. The van der Waals surface area contributed by atoms with Gasteiger partial charge in [0, 0.05) is 38.3 Å². The lowest BCUT2D eigenvalue weighted by Gasteiger charge is -2.39. The zero-order valence-electron chi connectivity index (χ0n) is 17.6. The minimum Gasteiger partial charge on any atom is -0.497 e. The molecule has 4 heterocycles. The lowest BCUT2D eigenvalue weighted by atomic mass is 10.1. The van der Waals surface area contributed by atoms with Crippen molar-refractivity contribution in [3.8, 4) is 11.6 Å². The average molecular weight is 440 g/mol. The number of rotatable bonds is 6. The molecule has 31 heavy (non-hydrogen) atoms. The van der Waals surface area contributed by atoms with Gasteiger partial charge in [0.1, 0.15) is 17.6 Å². The molecule has 1 atom stereocenters. The van der Waals surface area contributed by atoms with Crippen molar-refractivity contribution >= 4 is 22.0 Å². The minimum atomic E-state index is -0.174. The van der Waals surface area contributed by atoms with E-state index in [0.29, 0.717) is 4.96 Å². The Hall–Kier alpha value is -3.04. The van der Waals surface area contributed by atoms with Crippen LogP contribution in [0, 0.1) is 0 Å². The molecule has 8 nitrogen and oxygen atoms in total. The molecule has 1 fully saturated rings. The first kappa shape index (κ1) is 19.9. The van der Waals surface area contributed by atoms with Crippen molar-refractivity contribution in [1.29, 1.82) is 0 Å². The Balaban J connectivity index is 1.40. The van der Waals surface area contributed by atoms with E-state index in [9.17, 15) is 5.11 Å². The molecule has 1 N–H and O–H groups in total. The molecule has 9 heteroatoms. The first-order valence-electron chi connectivity index (χ1n) is 10.4. The van der Waals surface area contributed by atoms with Crippen LogP contribution in [0.15, 0.2) is 47.1 Å². The number of anilines is 1. The molecule has 0 amide bonds. The van der Waals surface area contributed by atoms with Crippen LogP contribution in [-0.2, 0) is 6.42 Å². The fourth-order valence-corrected chi connectivity index (χ4v) is 5.19. The second-order valence-corrected chi connectivity index (χ2v) is 8.51. The van der Waals surface area contributed by atoms with Crippen LogP contribution in [0.3, 0.4) is 0 Å². The van der Waals surface area contributed by atoms with Crippen LogP contribution in [-0.4, -0.2) is 57.9 Å². The van der Waals surface area contributed by atoms with Crippen molar-refractivity contribution < 1.29 is 14.3 Å². The number of aromatic hydroxyl groups is 1. The van der Waals surface area contributed by atoms with Gasteiger partial charge in [-0.2, -0.15) is 4.52 Å². The third-order valence-corrected chi connectivity index (χ3v) is 6.81. The summed E-state index contributed by atoms with van der Waals surface area (Å²) in [5.41, 5.74) is 1.18. The van der Waals surface area contributed by atoms with Gasteiger partial charge in [-0.3, -0.25) is 4.90 Å². The van der Waals surface area contributed by atoms with Crippen LogP contribution >= 0.6 is 11.3 Å². The van der Waals surface area contributed by atoms with Gasteiger partial charge < -0.3 is 19.2 Å². The Labute approximate surface area is 184 Å². The molecule has 1 unspecified atom stereocenters. The predicted molar refractivity (Wildman–Crippen MR) is 119 cm³/mol. The normalized spacial score (nSPS) is 16.1. The molecule has 0 aliphatic carbocycles.